The molecule has 1 aromatic carbocycles. The first-order valence-electron chi connectivity index (χ1n) is 7.68. The van der Waals surface area contributed by atoms with Gasteiger partial charge in [-0.1, -0.05) is 0 Å². The van der Waals surface area contributed by atoms with Gasteiger partial charge in [0.15, 0.2) is 11.3 Å². The van der Waals surface area contributed by atoms with Gasteiger partial charge in [0, 0.05) is 42.9 Å². The molecule has 3 rings (SSSR count). The van der Waals surface area contributed by atoms with Crippen LogP contribution in [0.1, 0.15) is 24.3 Å². The molecular weight excluding hydrogens is 290 g/mol. The minimum atomic E-state index is -0.244. The number of amides is 1. The highest BCUT2D eigenvalue weighted by Gasteiger charge is 2.11. The zero-order valence-corrected chi connectivity index (χ0v) is 13.2. The Morgan fingerprint density at radius 3 is 2.61 bits per heavy atom. The van der Waals surface area contributed by atoms with E-state index in [1.54, 1.807) is 29.0 Å². The van der Waals surface area contributed by atoms with E-state index in [1.165, 1.54) is 0 Å². The van der Waals surface area contributed by atoms with Crippen molar-refractivity contribution in [2.75, 3.05) is 23.3 Å². The molecule has 118 valence electrons. The molecule has 0 fully saturated rings. The van der Waals surface area contributed by atoms with Crippen molar-refractivity contribution in [1.82, 2.24) is 14.6 Å². The van der Waals surface area contributed by atoms with Gasteiger partial charge in [0.2, 0.25) is 0 Å². The minimum absolute atomic E-state index is 0.244. The van der Waals surface area contributed by atoms with Gasteiger partial charge in [-0.15, -0.1) is 0 Å². The Morgan fingerprint density at radius 1 is 1.22 bits per heavy atom. The lowest BCUT2D eigenvalue weighted by Crippen LogP contribution is -2.21. The summed E-state index contributed by atoms with van der Waals surface area (Å²) in [4.78, 5) is 18.7. The molecule has 0 aliphatic rings. The van der Waals surface area contributed by atoms with Gasteiger partial charge >= 0.3 is 0 Å². The van der Waals surface area contributed by atoms with Crippen molar-refractivity contribution >= 4 is 22.9 Å². The third-order valence-corrected chi connectivity index (χ3v) is 3.72. The number of anilines is 2. The summed E-state index contributed by atoms with van der Waals surface area (Å²) >= 11 is 0. The number of fused-ring (bicyclic) bond motifs is 1. The molecule has 6 nitrogen and oxygen atoms in total. The molecule has 2 aromatic heterocycles. The molecule has 1 N–H and O–H groups in total. The molecular formula is C17H19N5O. The number of benzene rings is 1. The fourth-order valence-corrected chi connectivity index (χ4v) is 2.48. The van der Waals surface area contributed by atoms with Crippen molar-refractivity contribution in [1.29, 1.82) is 0 Å². The molecule has 0 spiro atoms. The maximum Gasteiger partial charge on any atom is 0.276 e. The summed E-state index contributed by atoms with van der Waals surface area (Å²) in [6, 6.07) is 11.3. The van der Waals surface area contributed by atoms with E-state index < -0.39 is 0 Å². The van der Waals surface area contributed by atoms with Crippen LogP contribution in [0.2, 0.25) is 0 Å². The number of rotatable bonds is 5. The van der Waals surface area contributed by atoms with Crippen LogP contribution in [0, 0.1) is 0 Å². The average molecular weight is 309 g/mol. The Hall–Kier alpha value is -2.89. The summed E-state index contributed by atoms with van der Waals surface area (Å²) in [5, 5.41) is 7.08. The molecule has 0 atom stereocenters. The van der Waals surface area contributed by atoms with Crippen LogP contribution < -0.4 is 10.2 Å². The van der Waals surface area contributed by atoms with Crippen LogP contribution in [0.3, 0.4) is 0 Å². The van der Waals surface area contributed by atoms with Crippen LogP contribution >= 0.6 is 0 Å². The van der Waals surface area contributed by atoms with E-state index in [1.807, 2.05) is 24.3 Å². The van der Waals surface area contributed by atoms with Crippen molar-refractivity contribution in [3.05, 3.63) is 54.5 Å². The molecule has 1 amide bonds. The van der Waals surface area contributed by atoms with E-state index in [0.29, 0.717) is 11.3 Å². The summed E-state index contributed by atoms with van der Waals surface area (Å²) in [5.41, 5.74) is 2.88. The van der Waals surface area contributed by atoms with Gasteiger partial charge in [-0.25, -0.2) is 9.50 Å². The van der Waals surface area contributed by atoms with Gasteiger partial charge in [0.1, 0.15) is 0 Å². The van der Waals surface area contributed by atoms with E-state index in [4.69, 9.17) is 0 Å². The van der Waals surface area contributed by atoms with Gasteiger partial charge in [-0.3, -0.25) is 4.79 Å². The molecule has 0 aliphatic carbocycles. The number of hydrogen-bond acceptors (Lipinski definition) is 4. The predicted molar refractivity (Wildman–Crippen MR) is 90.9 cm³/mol. The molecule has 0 aliphatic heterocycles. The fourth-order valence-electron chi connectivity index (χ4n) is 2.48. The number of hydrogen-bond donors (Lipinski definition) is 1. The molecule has 0 unspecified atom stereocenters. The van der Waals surface area contributed by atoms with Gasteiger partial charge < -0.3 is 10.2 Å². The fraction of sp³-hybridized carbons (Fsp3) is 0.235. The van der Waals surface area contributed by atoms with Crippen molar-refractivity contribution in [2.45, 2.75) is 13.8 Å². The summed E-state index contributed by atoms with van der Waals surface area (Å²) in [6.45, 7) is 6.15. The zero-order valence-electron chi connectivity index (χ0n) is 13.2. The maximum absolute atomic E-state index is 12.3. The van der Waals surface area contributed by atoms with Crippen LogP contribution in [-0.2, 0) is 0 Å². The van der Waals surface area contributed by atoms with Crippen molar-refractivity contribution in [3.8, 4) is 0 Å². The van der Waals surface area contributed by atoms with E-state index >= 15 is 0 Å². The lowest BCUT2D eigenvalue weighted by molar-refractivity contribution is 0.102. The Bertz CT molecular complexity index is 772. The molecule has 2 heterocycles. The van der Waals surface area contributed by atoms with E-state index in [0.717, 1.165) is 24.5 Å². The Kier molecular flexibility index (Phi) is 4.23. The molecule has 0 bridgehead atoms. The summed E-state index contributed by atoms with van der Waals surface area (Å²) < 4.78 is 1.58. The second-order valence-electron chi connectivity index (χ2n) is 5.13. The first-order chi connectivity index (χ1) is 11.2. The minimum Gasteiger partial charge on any atom is -0.372 e. The molecule has 6 heteroatoms. The summed E-state index contributed by atoms with van der Waals surface area (Å²) in [7, 11) is 0. The Morgan fingerprint density at radius 2 is 1.96 bits per heavy atom. The largest absolute Gasteiger partial charge is 0.372 e. The molecule has 0 saturated heterocycles. The van der Waals surface area contributed by atoms with Crippen LogP contribution in [0.25, 0.3) is 5.65 Å². The highest BCUT2D eigenvalue weighted by Crippen LogP contribution is 2.18. The monoisotopic (exact) mass is 309 g/mol. The third-order valence-electron chi connectivity index (χ3n) is 3.72. The van der Waals surface area contributed by atoms with Crippen LogP contribution in [0.5, 0.6) is 0 Å². The lowest BCUT2D eigenvalue weighted by Gasteiger charge is -2.21. The number of carbonyl (C=O) groups excluding carboxylic acids is 1. The number of nitrogens with one attached hydrogen (secondary N) is 1. The summed E-state index contributed by atoms with van der Waals surface area (Å²) in [6.07, 6.45) is 3.43. The van der Waals surface area contributed by atoms with E-state index in [-0.39, 0.29) is 5.91 Å². The lowest BCUT2D eigenvalue weighted by atomic mass is 10.2. The van der Waals surface area contributed by atoms with Gasteiger partial charge in [-0.2, -0.15) is 5.10 Å². The standard InChI is InChI=1S/C17H19N5O/c1-3-21(4-2)14-8-6-13(7-9-14)19-17(23)15-12-16-18-10-5-11-22(16)20-15/h5-12H,3-4H2,1-2H3,(H,19,23). The first kappa shape index (κ1) is 15.0. The first-order valence-corrected chi connectivity index (χ1v) is 7.68. The third kappa shape index (κ3) is 3.15. The molecule has 3 aromatic rings. The van der Waals surface area contributed by atoms with E-state index in [2.05, 4.69) is 34.1 Å². The maximum atomic E-state index is 12.3. The highest BCUT2D eigenvalue weighted by molar-refractivity contribution is 6.03. The molecule has 0 radical (unpaired) electrons. The number of nitrogens with zero attached hydrogens (tertiary/aromatic N) is 4. The second kappa shape index (κ2) is 6.48. The predicted octanol–water partition coefficient (Wildman–Crippen LogP) is 2.83. The second-order valence-corrected chi connectivity index (χ2v) is 5.13. The van der Waals surface area contributed by atoms with Crippen LogP contribution in [-0.4, -0.2) is 33.6 Å². The highest BCUT2D eigenvalue weighted by atomic mass is 16.1. The van der Waals surface area contributed by atoms with Crippen molar-refractivity contribution in [3.63, 3.8) is 0 Å². The van der Waals surface area contributed by atoms with Crippen molar-refractivity contribution < 1.29 is 4.79 Å². The van der Waals surface area contributed by atoms with Crippen LogP contribution in [0.15, 0.2) is 48.8 Å². The topological polar surface area (TPSA) is 62.5 Å². The molecule has 0 saturated carbocycles. The van der Waals surface area contributed by atoms with Gasteiger partial charge in [-0.05, 0) is 44.2 Å². The van der Waals surface area contributed by atoms with Gasteiger partial charge in [0.05, 0.1) is 0 Å². The smallest absolute Gasteiger partial charge is 0.276 e. The number of carbonyl (C=O) groups is 1. The van der Waals surface area contributed by atoms with Crippen LogP contribution in [0.4, 0.5) is 11.4 Å². The van der Waals surface area contributed by atoms with E-state index in [9.17, 15) is 4.79 Å². The Balaban J connectivity index is 1.74. The summed E-state index contributed by atoms with van der Waals surface area (Å²) in [5.74, 6) is -0.244. The number of aromatic nitrogens is 3. The van der Waals surface area contributed by atoms with Gasteiger partial charge in [0.25, 0.3) is 5.91 Å². The molecule has 23 heavy (non-hydrogen) atoms. The SMILES string of the molecule is CCN(CC)c1ccc(NC(=O)c2cc3ncccn3n2)cc1. The normalized spacial score (nSPS) is 10.7. The average Bonchev–Trinajstić information content (AvgIpc) is 3.02. The quantitative estimate of drug-likeness (QED) is 0.787. The van der Waals surface area contributed by atoms with Crippen molar-refractivity contribution in [2.24, 2.45) is 0 Å². The zero-order chi connectivity index (χ0) is 16.2. The Labute approximate surface area is 134 Å².